The molecule has 0 fully saturated rings. The molecule has 1 aromatic heterocycles. The first-order valence-electron chi connectivity index (χ1n) is 5.47. The maximum atomic E-state index is 9.18. The highest BCUT2D eigenvalue weighted by Crippen LogP contribution is 2.15. The van der Waals surface area contributed by atoms with Crippen molar-refractivity contribution in [3.63, 3.8) is 0 Å². The topological polar surface area (TPSA) is 72.0 Å². The third-order valence-electron chi connectivity index (χ3n) is 2.52. The van der Waals surface area contributed by atoms with Crippen LogP contribution in [0.1, 0.15) is 23.0 Å². The maximum Gasteiger partial charge on any atom is 0.145 e. The Hall–Kier alpha value is -1.94. The molecule has 0 aliphatic heterocycles. The van der Waals surface area contributed by atoms with E-state index in [1.807, 2.05) is 19.1 Å². The molecule has 0 amide bonds. The molecule has 4 heteroatoms. The molecule has 0 aliphatic carbocycles. The van der Waals surface area contributed by atoms with Crippen LogP contribution in [-0.4, -0.2) is 15.1 Å². The fraction of sp³-hybridized carbons (Fsp3) is 0.231. The van der Waals surface area contributed by atoms with Gasteiger partial charge in [-0.05, 0) is 36.6 Å². The third-order valence-corrected chi connectivity index (χ3v) is 2.52. The van der Waals surface area contributed by atoms with E-state index in [2.05, 4.69) is 9.97 Å². The molecule has 0 saturated heterocycles. The van der Waals surface area contributed by atoms with Gasteiger partial charge in [0, 0.05) is 12.4 Å². The van der Waals surface area contributed by atoms with Crippen molar-refractivity contribution >= 4 is 0 Å². The van der Waals surface area contributed by atoms with Gasteiger partial charge in [-0.25, -0.2) is 9.97 Å². The average Bonchev–Trinajstić information content (AvgIpc) is 2.33. The van der Waals surface area contributed by atoms with Gasteiger partial charge in [-0.2, -0.15) is 0 Å². The summed E-state index contributed by atoms with van der Waals surface area (Å²) in [5, 5.41) is 9.18. The lowest BCUT2D eigenvalue weighted by Gasteiger charge is -2.10. The summed E-state index contributed by atoms with van der Waals surface area (Å²) in [4.78, 5) is 8.41. The Kier molecular flexibility index (Phi) is 3.35. The molecule has 0 aliphatic rings. The number of nitrogens with zero attached hydrogens (tertiary/aromatic N) is 2. The molecule has 1 aromatic carbocycles. The van der Waals surface area contributed by atoms with E-state index in [0.29, 0.717) is 12.2 Å². The van der Waals surface area contributed by atoms with Crippen LogP contribution in [0.2, 0.25) is 0 Å². The van der Waals surface area contributed by atoms with Crippen LogP contribution in [0.3, 0.4) is 0 Å². The number of nitrogens with two attached hydrogens (primary N) is 1. The van der Waals surface area contributed by atoms with Crippen LogP contribution in [0, 0.1) is 6.92 Å². The standard InChI is InChI=1S/C13H15N3O/c1-9-7-15-13(16-8-9)12(14)6-10-2-4-11(17)5-3-10/h2-5,7-8,12,17H,6,14H2,1H3. The summed E-state index contributed by atoms with van der Waals surface area (Å²) in [5.41, 5.74) is 8.10. The van der Waals surface area contributed by atoms with Crippen molar-refractivity contribution in [2.45, 2.75) is 19.4 Å². The zero-order valence-electron chi connectivity index (χ0n) is 9.67. The van der Waals surface area contributed by atoms with Crippen LogP contribution in [0.25, 0.3) is 0 Å². The molecule has 0 radical (unpaired) electrons. The highest BCUT2D eigenvalue weighted by Gasteiger charge is 2.09. The van der Waals surface area contributed by atoms with E-state index in [1.165, 1.54) is 0 Å². The lowest BCUT2D eigenvalue weighted by Crippen LogP contribution is -2.16. The number of hydrogen-bond acceptors (Lipinski definition) is 4. The van der Waals surface area contributed by atoms with Crippen LogP contribution >= 0.6 is 0 Å². The van der Waals surface area contributed by atoms with E-state index >= 15 is 0 Å². The molecule has 3 N–H and O–H groups in total. The second-order valence-corrected chi connectivity index (χ2v) is 4.10. The van der Waals surface area contributed by atoms with Crippen LogP contribution < -0.4 is 5.73 Å². The van der Waals surface area contributed by atoms with Crippen molar-refractivity contribution in [1.82, 2.24) is 9.97 Å². The van der Waals surface area contributed by atoms with Crippen molar-refractivity contribution in [1.29, 1.82) is 0 Å². The normalized spacial score (nSPS) is 12.4. The minimum Gasteiger partial charge on any atom is -0.508 e. The van der Waals surface area contributed by atoms with Gasteiger partial charge >= 0.3 is 0 Å². The number of phenolic OH excluding ortho intramolecular Hbond substituents is 1. The highest BCUT2D eigenvalue weighted by atomic mass is 16.3. The summed E-state index contributed by atoms with van der Waals surface area (Å²) in [6, 6.07) is 6.78. The SMILES string of the molecule is Cc1cnc(C(N)Cc2ccc(O)cc2)nc1. The fourth-order valence-corrected chi connectivity index (χ4v) is 1.57. The number of rotatable bonds is 3. The molecule has 1 heterocycles. The van der Waals surface area contributed by atoms with E-state index < -0.39 is 0 Å². The van der Waals surface area contributed by atoms with Crippen molar-refractivity contribution in [3.05, 3.63) is 53.6 Å². The minimum atomic E-state index is -0.222. The molecule has 0 bridgehead atoms. The lowest BCUT2D eigenvalue weighted by molar-refractivity contribution is 0.475. The lowest BCUT2D eigenvalue weighted by atomic mass is 10.1. The van der Waals surface area contributed by atoms with Gasteiger partial charge in [-0.1, -0.05) is 12.1 Å². The molecule has 4 nitrogen and oxygen atoms in total. The zero-order valence-corrected chi connectivity index (χ0v) is 9.67. The third kappa shape index (κ3) is 3.01. The summed E-state index contributed by atoms with van der Waals surface area (Å²) in [6.07, 6.45) is 4.18. The fourth-order valence-electron chi connectivity index (χ4n) is 1.57. The molecule has 2 aromatic rings. The van der Waals surface area contributed by atoms with Gasteiger partial charge in [0.25, 0.3) is 0 Å². The molecule has 1 unspecified atom stereocenters. The molecule has 0 saturated carbocycles. The molecular weight excluding hydrogens is 214 g/mol. The number of aromatic hydroxyl groups is 1. The molecule has 1 atom stereocenters. The van der Waals surface area contributed by atoms with Gasteiger partial charge in [-0.3, -0.25) is 0 Å². The first kappa shape index (κ1) is 11.5. The maximum absolute atomic E-state index is 9.18. The number of hydrogen-bond donors (Lipinski definition) is 2. The monoisotopic (exact) mass is 229 g/mol. The largest absolute Gasteiger partial charge is 0.508 e. The number of benzene rings is 1. The van der Waals surface area contributed by atoms with Gasteiger partial charge in [0.1, 0.15) is 11.6 Å². The summed E-state index contributed by atoms with van der Waals surface area (Å²) < 4.78 is 0. The number of aryl methyl sites for hydroxylation is 1. The smallest absolute Gasteiger partial charge is 0.145 e. The summed E-state index contributed by atoms with van der Waals surface area (Å²) in [6.45, 7) is 1.94. The Morgan fingerprint density at radius 1 is 1.18 bits per heavy atom. The van der Waals surface area contributed by atoms with E-state index in [1.54, 1.807) is 24.5 Å². The van der Waals surface area contributed by atoms with Crippen molar-refractivity contribution in [2.24, 2.45) is 5.73 Å². The Morgan fingerprint density at radius 3 is 2.35 bits per heavy atom. The number of aromatic nitrogens is 2. The first-order valence-corrected chi connectivity index (χ1v) is 5.47. The van der Waals surface area contributed by atoms with Gasteiger partial charge in [0.15, 0.2) is 0 Å². The second kappa shape index (κ2) is 4.93. The van der Waals surface area contributed by atoms with Gasteiger partial charge in [-0.15, -0.1) is 0 Å². The van der Waals surface area contributed by atoms with Crippen molar-refractivity contribution < 1.29 is 5.11 Å². The Balaban J connectivity index is 2.08. The first-order chi connectivity index (χ1) is 8.15. The van der Waals surface area contributed by atoms with Gasteiger partial charge in [0.05, 0.1) is 6.04 Å². The Labute approximate surface area is 100 Å². The Morgan fingerprint density at radius 2 is 1.76 bits per heavy atom. The molecule has 17 heavy (non-hydrogen) atoms. The average molecular weight is 229 g/mol. The van der Waals surface area contributed by atoms with E-state index in [9.17, 15) is 5.11 Å². The predicted molar refractivity (Wildman–Crippen MR) is 65.5 cm³/mol. The van der Waals surface area contributed by atoms with E-state index in [4.69, 9.17) is 5.73 Å². The van der Waals surface area contributed by atoms with E-state index in [-0.39, 0.29) is 11.8 Å². The molecular formula is C13H15N3O. The molecule has 88 valence electrons. The van der Waals surface area contributed by atoms with Crippen molar-refractivity contribution in [2.75, 3.05) is 0 Å². The highest BCUT2D eigenvalue weighted by molar-refractivity contribution is 5.26. The van der Waals surface area contributed by atoms with Gasteiger partial charge < -0.3 is 10.8 Å². The molecule has 0 spiro atoms. The summed E-state index contributed by atoms with van der Waals surface area (Å²) in [5.74, 6) is 0.901. The predicted octanol–water partition coefficient (Wildman–Crippen LogP) is 1.73. The quantitative estimate of drug-likeness (QED) is 0.840. The summed E-state index contributed by atoms with van der Waals surface area (Å²) in [7, 11) is 0. The van der Waals surface area contributed by atoms with Crippen LogP contribution in [0.5, 0.6) is 5.75 Å². The summed E-state index contributed by atoms with van der Waals surface area (Å²) >= 11 is 0. The van der Waals surface area contributed by atoms with Crippen LogP contribution in [0.15, 0.2) is 36.7 Å². The van der Waals surface area contributed by atoms with Gasteiger partial charge in [0.2, 0.25) is 0 Å². The number of phenols is 1. The van der Waals surface area contributed by atoms with Crippen LogP contribution in [0.4, 0.5) is 0 Å². The minimum absolute atomic E-state index is 0.222. The van der Waals surface area contributed by atoms with Crippen molar-refractivity contribution in [3.8, 4) is 5.75 Å². The van der Waals surface area contributed by atoms with E-state index in [0.717, 1.165) is 11.1 Å². The van der Waals surface area contributed by atoms with Crippen LogP contribution in [-0.2, 0) is 6.42 Å². The molecule has 2 rings (SSSR count). The second-order valence-electron chi connectivity index (χ2n) is 4.10. The zero-order chi connectivity index (χ0) is 12.3. The Bertz CT molecular complexity index is 479.